The summed E-state index contributed by atoms with van der Waals surface area (Å²) in [4.78, 5) is 4.20. The third kappa shape index (κ3) is 1.23. The summed E-state index contributed by atoms with van der Waals surface area (Å²) in [5.74, 6) is 0.649. The van der Waals surface area contributed by atoms with Crippen molar-refractivity contribution in [2.75, 3.05) is 0 Å². The largest absolute Gasteiger partial charge is 0.508 e. The number of phenolic OH excluding ortho intramolecular Hbond substituents is 1. The van der Waals surface area contributed by atoms with Crippen LogP contribution in [0.3, 0.4) is 0 Å². The fraction of sp³-hybridized carbons (Fsp3) is 0.333. The van der Waals surface area contributed by atoms with Crippen LogP contribution in [0.1, 0.15) is 16.7 Å². The van der Waals surface area contributed by atoms with Crippen LogP contribution in [0.15, 0.2) is 6.07 Å². The van der Waals surface area contributed by atoms with Crippen LogP contribution in [0.5, 0.6) is 11.5 Å². The van der Waals surface area contributed by atoms with Crippen molar-refractivity contribution in [1.82, 2.24) is 0 Å². The van der Waals surface area contributed by atoms with Gasteiger partial charge in [-0.1, -0.05) is 0 Å². The van der Waals surface area contributed by atoms with Crippen LogP contribution in [0.4, 0.5) is 0 Å². The van der Waals surface area contributed by atoms with E-state index in [2.05, 4.69) is 4.89 Å². The predicted octanol–water partition coefficient (Wildman–Crippen LogP) is 2.17. The smallest absolute Gasteiger partial charge is 0.171 e. The Morgan fingerprint density at radius 1 is 1.17 bits per heavy atom. The van der Waals surface area contributed by atoms with Crippen molar-refractivity contribution in [2.24, 2.45) is 0 Å². The van der Waals surface area contributed by atoms with Crippen LogP contribution in [-0.4, -0.2) is 10.4 Å². The lowest BCUT2D eigenvalue weighted by molar-refractivity contribution is -0.138. The van der Waals surface area contributed by atoms with Crippen LogP contribution < -0.4 is 4.89 Å². The molecule has 0 aliphatic rings. The summed E-state index contributed by atoms with van der Waals surface area (Å²) in [6.45, 7) is 5.32. The monoisotopic (exact) mass is 168 g/mol. The molecular formula is C9H12O3. The summed E-state index contributed by atoms with van der Waals surface area (Å²) in [5, 5.41) is 17.9. The highest BCUT2D eigenvalue weighted by Gasteiger charge is 2.10. The van der Waals surface area contributed by atoms with Gasteiger partial charge in [0.2, 0.25) is 0 Å². The summed E-state index contributed by atoms with van der Waals surface area (Å²) in [6, 6.07) is 1.56. The first-order valence-corrected chi connectivity index (χ1v) is 3.69. The van der Waals surface area contributed by atoms with Crippen LogP contribution in [-0.2, 0) is 0 Å². The standard InChI is InChI=1S/C9H12O3/c1-5-4-8(10)6(2)7(3)9(5)12-11/h4,10-11H,1-3H3. The average Bonchev–Trinajstić information content (AvgIpc) is 2.01. The van der Waals surface area contributed by atoms with E-state index >= 15 is 0 Å². The highest BCUT2D eigenvalue weighted by atomic mass is 17.1. The molecule has 0 bridgehead atoms. The molecule has 0 saturated heterocycles. The van der Waals surface area contributed by atoms with Crippen molar-refractivity contribution in [2.45, 2.75) is 20.8 Å². The molecule has 2 N–H and O–H groups in total. The highest BCUT2D eigenvalue weighted by Crippen LogP contribution is 2.31. The van der Waals surface area contributed by atoms with Crippen molar-refractivity contribution in [3.05, 3.63) is 22.8 Å². The van der Waals surface area contributed by atoms with E-state index in [0.29, 0.717) is 5.75 Å². The zero-order valence-corrected chi connectivity index (χ0v) is 7.38. The quantitative estimate of drug-likeness (QED) is 0.499. The van der Waals surface area contributed by atoms with Gasteiger partial charge in [-0.25, -0.2) is 5.26 Å². The Hall–Kier alpha value is -1.22. The maximum absolute atomic E-state index is 9.36. The molecule has 3 heteroatoms. The van der Waals surface area contributed by atoms with Crippen molar-refractivity contribution in [1.29, 1.82) is 0 Å². The Labute approximate surface area is 71.2 Å². The molecule has 0 fully saturated rings. The van der Waals surface area contributed by atoms with Crippen molar-refractivity contribution in [3.63, 3.8) is 0 Å². The molecule has 0 aromatic heterocycles. The van der Waals surface area contributed by atoms with E-state index in [1.807, 2.05) is 0 Å². The number of benzene rings is 1. The number of hydrogen-bond donors (Lipinski definition) is 2. The second kappa shape index (κ2) is 3.03. The Morgan fingerprint density at radius 2 is 1.75 bits per heavy atom. The Balaban J connectivity index is 3.40. The van der Waals surface area contributed by atoms with E-state index in [1.165, 1.54) is 0 Å². The van der Waals surface area contributed by atoms with Gasteiger partial charge in [0.1, 0.15) is 5.75 Å². The van der Waals surface area contributed by atoms with E-state index in [1.54, 1.807) is 26.8 Å². The molecule has 66 valence electrons. The van der Waals surface area contributed by atoms with E-state index in [4.69, 9.17) is 5.26 Å². The molecule has 1 aromatic rings. The molecule has 0 aliphatic carbocycles. The Morgan fingerprint density at radius 3 is 2.25 bits per heavy atom. The minimum absolute atomic E-state index is 0.228. The minimum Gasteiger partial charge on any atom is -0.508 e. The van der Waals surface area contributed by atoms with Crippen LogP contribution >= 0.6 is 0 Å². The zero-order chi connectivity index (χ0) is 9.30. The molecule has 0 atom stereocenters. The molecule has 0 amide bonds. The summed E-state index contributed by atoms with van der Waals surface area (Å²) in [5.41, 5.74) is 2.21. The van der Waals surface area contributed by atoms with Crippen molar-refractivity contribution >= 4 is 0 Å². The molecule has 12 heavy (non-hydrogen) atoms. The summed E-state index contributed by atoms with van der Waals surface area (Å²) < 4.78 is 0. The number of aromatic hydroxyl groups is 1. The van der Waals surface area contributed by atoms with Gasteiger partial charge in [-0.3, -0.25) is 0 Å². The lowest BCUT2D eigenvalue weighted by atomic mass is 10.0. The number of aryl methyl sites for hydroxylation is 1. The topological polar surface area (TPSA) is 49.7 Å². The summed E-state index contributed by atoms with van der Waals surface area (Å²) >= 11 is 0. The molecule has 0 radical (unpaired) electrons. The first-order chi connectivity index (χ1) is 5.57. The minimum atomic E-state index is 0.228. The van der Waals surface area contributed by atoms with Gasteiger partial charge in [0.15, 0.2) is 5.75 Å². The molecule has 0 spiro atoms. The second-order valence-corrected chi connectivity index (χ2v) is 2.88. The van der Waals surface area contributed by atoms with Crippen LogP contribution in [0.2, 0.25) is 0 Å². The second-order valence-electron chi connectivity index (χ2n) is 2.88. The number of rotatable bonds is 1. The first-order valence-electron chi connectivity index (χ1n) is 3.69. The molecule has 3 nitrogen and oxygen atoms in total. The molecule has 0 heterocycles. The van der Waals surface area contributed by atoms with E-state index in [9.17, 15) is 5.11 Å². The van der Waals surface area contributed by atoms with E-state index in [0.717, 1.165) is 16.7 Å². The molecule has 0 saturated carbocycles. The molecule has 1 rings (SSSR count). The molecule has 1 aromatic carbocycles. The van der Waals surface area contributed by atoms with Crippen molar-refractivity contribution < 1.29 is 15.3 Å². The van der Waals surface area contributed by atoms with Crippen LogP contribution in [0.25, 0.3) is 0 Å². The normalized spacial score (nSPS) is 10.0. The van der Waals surface area contributed by atoms with Gasteiger partial charge in [0.25, 0.3) is 0 Å². The fourth-order valence-corrected chi connectivity index (χ4v) is 1.18. The maximum Gasteiger partial charge on any atom is 0.171 e. The average molecular weight is 168 g/mol. The maximum atomic E-state index is 9.36. The lowest BCUT2D eigenvalue weighted by Gasteiger charge is -2.09. The molecule has 0 unspecified atom stereocenters. The van der Waals surface area contributed by atoms with Crippen LogP contribution in [0, 0.1) is 20.8 Å². The Kier molecular flexibility index (Phi) is 2.24. The highest BCUT2D eigenvalue weighted by molar-refractivity contribution is 5.51. The lowest BCUT2D eigenvalue weighted by Crippen LogP contribution is -1.94. The SMILES string of the molecule is Cc1cc(O)c(C)c(C)c1OO. The zero-order valence-electron chi connectivity index (χ0n) is 7.38. The first kappa shape index (κ1) is 8.87. The summed E-state index contributed by atoms with van der Waals surface area (Å²) in [6.07, 6.45) is 0. The summed E-state index contributed by atoms with van der Waals surface area (Å²) in [7, 11) is 0. The van der Waals surface area contributed by atoms with Gasteiger partial charge in [-0.05, 0) is 38.0 Å². The third-order valence-corrected chi connectivity index (χ3v) is 2.09. The van der Waals surface area contributed by atoms with Gasteiger partial charge in [-0.15, -0.1) is 0 Å². The molecular weight excluding hydrogens is 156 g/mol. The third-order valence-electron chi connectivity index (χ3n) is 2.09. The predicted molar refractivity (Wildman–Crippen MR) is 45.6 cm³/mol. The number of phenols is 1. The Bertz CT molecular complexity index is 305. The van der Waals surface area contributed by atoms with Gasteiger partial charge in [0, 0.05) is 5.56 Å². The fourth-order valence-electron chi connectivity index (χ4n) is 1.18. The van der Waals surface area contributed by atoms with Gasteiger partial charge >= 0.3 is 0 Å². The van der Waals surface area contributed by atoms with Gasteiger partial charge in [0.05, 0.1) is 0 Å². The van der Waals surface area contributed by atoms with Gasteiger partial charge < -0.3 is 9.99 Å². The van der Waals surface area contributed by atoms with E-state index < -0.39 is 0 Å². The van der Waals surface area contributed by atoms with Gasteiger partial charge in [-0.2, -0.15) is 0 Å². The number of hydrogen-bond acceptors (Lipinski definition) is 3. The van der Waals surface area contributed by atoms with E-state index in [-0.39, 0.29) is 5.75 Å². The van der Waals surface area contributed by atoms with Crippen molar-refractivity contribution in [3.8, 4) is 11.5 Å². The molecule has 0 aliphatic heterocycles.